The fourth-order valence-electron chi connectivity index (χ4n) is 4.04. The molecule has 0 unspecified atom stereocenters. The number of benzene rings is 4. The van der Waals surface area contributed by atoms with E-state index in [2.05, 4.69) is 26.1 Å². The minimum atomic E-state index is -0.335. The summed E-state index contributed by atoms with van der Waals surface area (Å²) in [6, 6.07) is 29.9. The average molecular weight is 576 g/mol. The van der Waals surface area contributed by atoms with Crippen LogP contribution in [0, 0.1) is 13.8 Å². The van der Waals surface area contributed by atoms with Crippen LogP contribution in [-0.2, 0) is 4.79 Å². The van der Waals surface area contributed by atoms with Gasteiger partial charge >= 0.3 is 0 Å². The van der Waals surface area contributed by atoms with Crippen molar-refractivity contribution < 1.29 is 14.3 Å². The van der Waals surface area contributed by atoms with Crippen LogP contribution in [0.15, 0.2) is 108 Å². The molecule has 210 valence electrons. The maximum Gasteiger partial charge on any atom is 0.271 e. The van der Waals surface area contributed by atoms with Gasteiger partial charge in [-0.25, -0.2) is 10.4 Å². The molecule has 42 heavy (non-hydrogen) atoms. The van der Waals surface area contributed by atoms with Gasteiger partial charge < -0.3 is 15.4 Å². The monoisotopic (exact) mass is 575 g/mol. The second kappa shape index (κ2) is 13.4. The standard InChI is InChI=1S/C33H29N5O3S/c1-22-8-6-13-29(23(22)2)36-31(39)20-41-28-12-7-9-24(18-28)19-34-38-32(40)26-16-14-25(15-17-26)30-21-42-33(37-30)35-27-10-4-3-5-11-27/h3-19,21H,20H2,1-2H3,(H,35,37)(H,36,39)(H,38,40)/b34-19+. The normalized spacial score (nSPS) is 10.8. The van der Waals surface area contributed by atoms with Crippen LogP contribution in [-0.4, -0.2) is 29.6 Å². The Morgan fingerprint density at radius 1 is 0.929 bits per heavy atom. The molecule has 9 heteroatoms. The summed E-state index contributed by atoms with van der Waals surface area (Å²) in [5.74, 6) is -0.0701. The molecule has 0 spiro atoms. The van der Waals surface area contributed by atoms with E-state index in [-0.39, 0.29) is 18.4 Å². The molecular weight excluding hydrogens is 546 g/mol. The van der Waals surface area contributed by atoms with Crippen LogP contribution in [0.1, 0.15) is 27.0 Å². The van der Waals surface area contributed by atoms with Crippen molar-refractivity contribution in [3.63, 3.8) is 0 Å². The molecule has 0 saturated carbocycles. The third kappa shape index (κ3) is 7.47. The number of rotatable bonds is 10. The Kier molecular flexibility index (Phi) is 9.00. The SMILES string of the molecule is Cc1cccc(NC(=O)COc2cccc(/C=N/NC(=O)c3ccc(-c4csc(Nc5ccccc5)n4)cc3)c2)c1C. The van der Waals surface area contributed by atoms with Crippen molar-refractivity contribution in [2.24, 2.45) is 5.10 Å². The number of carbonyl (C=O) groups excluding carboxylic acids is 2. The Morgan fingerprint density at radius 3 is 2.52 bits per heavy atom. The highest BCUT2D eigenvalue weighted by Gasteiger charge is 2.09. The fraction of sp³-hybridized carbons (Fsp3) is 0.0909. The zero-order valence-corrected chi connectivity index (χ0v) is 23.9. The molecule has 0 fully saturated rings. The number of aryl methyl sites for hydroxylation is 1. The van der Waals surface area contributed by atoms with E-state index in [4.69, 9.17) is 4.74 Å². The zero-order chi connectivity index (χ0) is 29.3. The molecule has 0 aliphatic carbocycles. The van der Waals surface area contributed by atoms with Crippen LogP contribution in [0.25, 0.3) is 11.3 Å². The van der Waals surface area contributed by atoms with E-state index in [0.717, 1.165) is 38.9 Å². The minimum Gasteiger partial charge on any atom is -0.484 e. The Balaban J connectivity index is 1.11. The number of aromatic nitrogens is 1. The maximum absolute atomic E-state index is 12.6. The molecule has 0 bridgehead atoms. The Morgan fingerprint density at radius 2 is 1.71 bits per heavy atom. The van der Waals surface area contributed by atoms with Crippen molar-refractivity contribution in [1.29, 1.82) is 0 Å². The van der Waals surface area contributed by atoms with E-state index in [1.165, 1.54) is 17.6 Å². The lowest BCUT2D eigenvalue weighted by Gasteiger charge is -2.11. The second-order valence-corrected chi connectivity index (χ2v) is 10.3. The molecule has 8 nitrogen and oxygen atoms in total. The molecule has 0 aliphatic heterocycles. The van der Waals surface area contributed by atoms with Gasteiger partial charge in [0.1, 0.15) is 5.75 Å². The number of nitrogens with zero attached hydrogens (tertiary/aromatic N) is 2. The van der Waals surface area contributed by atoms with E-state index in [1.54, 1.807) is 30.3 Å². The number of hydrazone groups is 1. The van der Waals surface area contributed by atoms with Crippen molar-refractivity contribution >= 4 is 45.9 Å². The van der Waals surface area contributed by atoms with Gasteiger partial charge in [0, 0.05) is 27.9 Å². The summed E-state index contributed by atoms with van der Waals surface area (Å²) in [7, 11) is 0. The lowest BCUT2D eigenvalue weighted by molar-refractivity contribution is -0.118. The highest BCUT2D eigenvalue weighted by Crippen LogP contribution is 2.27. The van der Waals surface area contributed by atoms with Crippen molar-refractivity contribution in [3.05, 3.63) is 125 Å². The Hall–Kier alpha value is -5.28. The molecule has 3 N–H and O–H groups in total. The number of thiazole rings is 1. The van der Waals surface area contributed by atoms with Crippen molar-refractivity contribution in [3.8, 4) is 17.0 Å². The van der Waals surface area contributed by atoms with E-state index >= 15 is 0 Å². The summed E-state index contributed by atoms with van der Waals surface area (Å²) < 4.78 is 5.66. The maximum atomic E-state index is 12.6. The lowest BCUT2D eigenvalue weighted by Crippen LogP contribution is -2.20. The minimum absolute atomic E-state index is 0.132. The van der Waals surface area contributed by atoms with Crippen molar-refractivity contribution in [2.75, 3.05) is 17.2 Å². The topological polar surface area (TPSA) is 105 Å². The molecule has 5 aromatic rings. The molecule has 0 radical (unpaired) electrons. The number of ether oxygens (including phenoxy) is 1. The number of anilines is 3. The molecule has 4 aromatic carbocycles. The zero-order valence-electron chi connectivity index (χ0n) is 23.1. The molecule has 5 rings (SSSR count). The van der Waals surface area contributed by atoms with E-state index < -0.39 is 0 Å². The first kappa shape index (κ1) is 28.3. The average Bonchev–Trinajstić information content (AvgIpc) is 3.47. The predicted octanol–water partition coefficient (Wildman–Crippen LogP) is 6.95. The summed E-state index contributed by atoms with van der Waals surface area (Å²) >= 11 is 1.52. The number of para-hydroxylation sites is 1. The quantitative estimate of drug-likeness (QED) is 0.123. The summed E-state index contributed by atoms with van der Waals surface area (Å²) in [5, 5.41) is 13.0. The largest absolute Gasteiger partial charge is 0.484 e. The van der Waals surface area contributed by atoms with Crippen LogP contribution in [0.2, 0.25) is 0 Å². The molecule has 2 amide bonds. The first-order valence-corrected chi connectivity index (χ1v) is 14.1. The smallest absolute Gasteiger partial charge is 0.271 e. The summed E-state index contributed by atoms with van der Waals surface area (Å²) in [4.78, 5) is 29.6. The summed E-state index contributed by atoms with van der Waals surface area (Å²) in [5.41, 5.74) is 9.33. The lowest BCUT2D eigenvalue weighted by atomic mass is 10.1. The number of hydrogen-bond donors (Lipinski definition) is 3. The van der Waals surface area contributed by atoms with Crippen LogP contribution in [0.3, 0.4) is 0 Å². The number of carbonyl (C=O) groups is 2. The first-order chi connectivity index (χ1) is 20.4. The van der Waals surface area contributed by atoms with E-state index in [0.29, 0.717) is 16.9 Å². The van der Waals surface area contributed by atoms with Gasteiger partial charge in [-0.3, -0.25) is 9.59 Å². The highest BCUT2D eigenvalue weighted by atomic mass is 32.1. The van der Waals surface area contributed by atoms with Crippen LogP contribution in [0.4, 0.5) is 16.5 Å². The molecule has 1 heterocycles. The Bertz CT molecular complexity index is 1720. The number of amides is 2. The van der Waals surface area contributed by atoms with Gasteiger partial charge in [-0.05, 0) is 73.0 Å². The second-order valence-electron chi connectivity index (χ2n) is 9.46. The van der Waals surface area contributed by atoms with Crippen molar-refractivity contribution in [1.82, 2.24) is 10.4 Å². The molecule has 0 saturated heterocycles. The van der Waals surface area contributed by atoms with Gasteiger partial charge in [-0.2, -0.15) is 5.10 Å². The van der Waals surface area contributed by atoms with Gasteiger partial charge in [-0.15, -0.1) is 11.3 Å². The van der Waals surface area contributed by atoms with Gasteiger partial charge in [-0.1, -0.05) is 54.6 Å². The van der Waals surface area contributed by atoms with Crippen LogP contribution in [0.5, 0.6) is 5.75 Å². The molecule has 0 atom stereocenters. The predicted molar refractivity (Wildman–Crippen MR) is 169 cm³/mol. The van der Waals surface area contributed by atoms with E-state index in [9.17, 15) is 9.59 Å². The van der Waals surface area contributed by atoms with Gasteiger partial charge in [0.2, 0.25) is 0 Å². The number of nitrogens with one attached hydrogen (secondary N) is 3. The fourth-order valence-corrected chi connectivity index (χ4v) is 4.78. The first-order valence-electron chi connectivity index (χ1n) is 13.2. The Labute approximate surface area is 248 Å². The van der Waals surface area contributed by atoms with Gasteiger partial charge in [0.15, 0.2) is 11.7 Å². The summed E-state index contributed by atoms with van der Waals surface area (Å²) in [6.45, 7) is 3.83. The molecule has 1 aromatic heterocycles. The number of hydrogen-bond acceptors (Lipinski definition) is 7. The van der Waals surface area contributed by atoms with E-state index in [1.807, 2.05) is 86.0 Å². The molecule has 0 aliphatic rings. The molecular formula is C33H29N5O3S. The third-order valence-electron chi connectivity index (χ3n) is 6.46. The highest BCUT2D eigenvalue weighted by molar-refractivity contribution is 7.14. The van der Waals surface area contributed by atoms with Crippen LogP contribution >= 0.6 is 11.3 Å². The van der Waals surface area contributed by atoms with Gasteiger partial charge in [0.05, 0.1) is 11.9 Å². The summed E-state index contributed by atoms with van der Waals surface area (Å²) in [6.07, 6.45) is 1.52. The van der Waals surface area contributed by atoms with Crippen molar-refractivity contribution in [2.45, 2.75) is 13.8 Å². The van der Waals surface area contributed by atoms with Gasteiger partial charge in [0.25, 0.3) is 11.8 Å². The third-order valence-corrected chi connectivity index (χ3v) is 7.22. The van der Waals surface area contributed by atoms with Crippen LogP contribution < -0.4 is 20.8 Å².